The summed E-state index contributed by atoms with van der Waals surface area (Å²) in [5.41, 5.74) is 1.48. The Morgan fingerprint density at radius 3 is 2.25 bits per heavy atom. The van der Waals surface area contributed by atoms with Crippen molar-refractivity contribution in [2.75, 3.05) is 0 Å². The third kappa shape index (κ3) is 2.70. The quantitative estimate of drug-likeness (QED) is 0.394. The summed E-state index contributed by atoms with van der Waals surface area (Å²) in [6.45, 7) is 3.91. The summed E-state index contributed by atoms with van der Waals surface area (Å²) in [5.74, 6) is 0. The van der Waals surface area contributed by atoms with Crippen molar-refractivity contribution in [1.29, 1.82) is 0 Å². The number of hydrogen-bond donors (Lipinski definition) is 0. The molecule has 3 aromatic carbocycles. The van der Waals surface area contributed by atoms with Crippen molar-refractivity contribution in [2.24, 2.45) is 0 Å². The van der Waals surface area contributed by atoms with Gasteiger partial charge in [0.15, 0.2) is 0 Å². The summed E-state index contributed by atoms with van der Waals surface area (Å²) in [6.07, 6.45) is 6.03. The molecule has 0 amide bonds. The minimum absolute atomic E-state index is 1.06. The highest BCUT2D eigenvalue weighted by atomic mass is 14.1. The van der Waals surface area contributed by atoms with Crippen LogP contribution in [-0.4, -0.2) is 0 Å². The molecule has 0 heteroatoms. The number of aryl methyl sites for hydroxylation is 1. The van der Waals surface area contributed by atoms with Crippen LogP contribution in [0.1, 0.15) is 31.2 Å². The zero-order chi connectivity index (χ0) is 13.8. The molecule has 20 heavy (non-hydrogen) atoms. The van der Waals surface area contributed by atoms with Crippen molar-refractivity contribution in [2.45, 2.75) is 32.1 Å². The fourth-order valence-corrected chi connectivity index (χ4v) is 2.92. The zero-order valence-electron chi connectivity index (χ0n) is 11.9. The summed E-state index contributed by atoms with van der Waals surface area (Å²) in [6, 6.07) is 20.0. The van der Waals surface area contributed by atoms with Crippen molar-refractivity contribution in [3.8, 4) is 0 Å². The Morgan fingerprint density at radius 1 is 0.700 bits per heavy atom. The fraction of sp³-hybridized carbons (Fsp3) is 0.250. The minimum Gasteiger partial charge on any atom is -0.0616 e. The molecule has 0 aliphatic heterocycles. The number of rotatable bonds is 5. The number of benzene rings is 3. The SMILES string of the molecule is [CH2]CCCCCc1cccc2cc3ccccc3cc12. The topological polar surface area (TPSA) is 0 Å². The average Bonchev–Trinajstić information content (AvgIpc) is 2.50. The highest BCUT2D eigenvalue weighted by molar-refractivity contribution is 5.99. The van der Waals surface area contributed by atoms with Crippen LogP contribution >= 0.6 is 0 Å². The predicted octanol–water partition coefficient (Wildman–Crippen LogP) is 5.93. The number of unbranched alkanes of at least 4 members (excludes halogenated alkanes) is 3. The monoisotopic (exact) mass is 261 g/mol. The molecule has 0 nitrogen and oxygen atoms in total. The molecular formula is C20H21. The summed E-state index contributed by atoms with van der Waals surface area (Å²) >= 11 is 0. The fourth-order valence-electron chi connectivity index (χ4n) is 2.92. The van der Waals surface area contributed by atoms with Gasteiger partial charge in [-0.1, -0.05) is 68.7 Å². The molecule has 0 heterocycles. The number of fused-ring (bicyclic) bond motifs is 2. The van der Waals surface area contributed by atoms with Crippen molar-refractivity contribution in [1.82, 2.24) is 0 Å². The van der Waals surface area contributed by atoms with E-state index in [-0.39, 0.29) is 0 Å². The molecule has 0 bridgehead atoms. The highest BCUT2D eigenvalue weighted by Gasteiger charge is 2.03. The first-order valence-corrected chi connectivity index (χ1v) is 7.58. The largest absolute Gasteiger partial charge is 0.0616 e. The van der Waals surface area contributed by atoms with E-state index in [9.17, 15) is 0 Å². The Kier molecular flexibility index (Phi) is 4.01. The lowest BCUT2D eigenvalue weighted by Gasteiger charge is -2.08. The van der Waals surface area contributed by atoms with E-state index in [1.165, 1.54) is 52.8 Å². The van der Waals surface area contributed by atoms with Crippen LogP contribution in [0.5, 0.6) is 0 Å². The molecule has 0 fully saturated rings. The van der Waals surface area contributed by atoms with Gasteiger partial charge in [0.1, 0.15) is 0 Å². The Hall–Kier alpha value is -1.82. The maximum Gasteiger partial charge on any atom is -0.0146 e. The molecule has 3 rings (SSSR count). The van der Waals surface area contributed by atoms with Gasteiger partial charge in [0.2, 0.25) is 0 Å². The van der Waals surface area contributed by atoms with E-state index in [4.69, 9.17) is 0 Å². The van der Waals surface area contributed by atoms with Gasteiger partial charge in [-0.15, -0.1) is 0 Å². The lowest BCUT2D eigenvalue weighted by Crippen LogP contribution is -1.88. The lowest BCUT2D eigenvalue weighted by molar-refractivity contribution is 0.687. The molecule has 101 valence electrons. The van der Waals surface area contributed by atoms with Crippen LogP contribution in [0.15, 0.2) is 54.6 Å². The average molecular weight is 261 g/mol. The van der Waals surface area contributed by atoms with Crippen LogP contribution in [-0.2, 0) is 6.42 Å². The molecule has 0 N–H and O–H groups in total. The Bertz CT molecular complexity index is 709. The highest BCUT2D eigenvalue weighted by Crippen LogP contribution is 2.26. The van der Waals surface area contributed by atoms with E-state index < -0.39 is 0 Å². The van der Waals surface area contributed by atoms with Gasteiger partial charge in [-0.25, -0.2) is 0 Å². The maximum absolute atomic E-state index is 3.91. The second-order valence-electron chi connectivity index (χ2n) is 5.50. The van der Waals surface area contributed by atoms with Crippen molar-refractivity contribution < 1.29 is 0 Å². The van der Waals surface area contributed by atoms with E-state index in [2.05, 4.69) is 61.5 Å². The van der Waals surface area contributed by atoms with Gasteiger partial charge >= 0.3 is 0 Å². The molecule has 3 aromatic rings. The molecule has 0 aliphatic rings. The van der Waals surface area contributed by atoms with E-state index >= 15 is 0 Å². The molecule has 0 saturated heterocycles. The van der Waals surface area contributed by atoms with Crippen molar-refractivity contribution in [3.63, 3.8) is 0 Å². The standard InChI is InChI=1S/C20H21/c1-2-3-4-5-9-16-12-8-13-19-14-17-10-6-7-11-18(17)15-20(16)19/h6-8,10-15H,1-5,9H2. The summed E-state index contributed by atoms with van der Waals surface area (Å²) < 4.78 is 0. The minimum atomic E-state index is 1.06. The van der Waals surface area contributed by atoms with E-state index in [0.717, 1.165) is 6.42 Å². The van der Waals surface area contributed by atoms with Gasteiger partial charge in [0, 0.05) is 0 Å². The molecule has 0 aromatic heterocycles. The molecule has 0 unspecified atom stereocenters. The zero-order valence-corrected chi connectivity index (χ0v) is 11.9. The van der Waals surface area contributed by atoms with Gasteiger partial charge in [-0.05, 0) is 52.1 Å². The first-order chi connectivity index (χ1) is 9.88. The third-order valence-electron chi connectivity index (χ3n) is 4.03. The lowest BCUT2D eigenvalue weighted by atomic mass is 9.96. The molecule has 0 atom stereocenters. The summed E-state index contributed by atoms with van der Waals surface area (Å²) in [5, 5.41) is 5.44. The van der Waals surface area contributed by atoms with Crippen LogP contribution in [0.25, 0.3) is 21.5 Å². The van der Waals surface area contributed by atoms with Crippen molar-refractivity contribution >= 4 is 21.5 Å². The second-order valence-corrected chi connectivity index (χ2v) is 5.50. The smallest absolute Gasteiger partial charge is 0.0146 e. The van der Waals surface area contributed by atoms with E-state index in [0.29, 0.717) is 0 Å². The molecule has 0 saturated carbocycles. The molecule has 0 aliphatic carbocycles. The molecular weight excluding hydrogens is 240 g/mol. The van der Waals surface area contributed by atoms with Gasteiger partial charge < -0.3 is 0 Å². The van der Waals surface area contributed by atoms with Gasteiger partial charge in [-0.3, -0.25) is 0 Å². The predicted molar refractivity (Wildman–Crippen MR) is 89.0 cm³/mol. The van der Waals surface area contributed by atoms with Crippen LogP contribution in [0.3, 0.4) is 0 Å². The Labute approximate surface area is 121 Å². The molecule has 0 spiro atoms. The summed E-state index contributed by atoms with van der Waals surface area (Å²) in [4.78, 5) is 0. The first-order valence-electron chi connectivity index (χ1n) is 7.58. The van der Waals surface area contributed by atoms with Gasteiger partial charge in [-0.2, -0.15) is 0 Å². The van der Waals surface area contributed by atoms with Crippen LogP contribution < -0.4 is 0 Å². The van der Waals surface area contributed by atoms with E-state index in [1.54, 1.807) is 0 Å². The van der Waals surface area contributed by atoms with Gasteiger partial charge in [0.05, 0.1) is 0 Å². The Morgan fingerprint density at radius 2 is 1.45 bits per heavy atom. The van der Waals surface area contributed by atoms with Crippen LogP contribution in [0.2, 0.25) is 0 Å². The Balaban J connectivity index is 1.97. The third-order valence-corrected chi connectivity index (χ3v) is 4.03. The number of hydrogen-bond acceptors (Lipinski definition) is 0. The summed E-state index contributed by atoms with van der Waals surface area (Å²) in [7, 11) is 0. The van der Waals surface area contributed by atoms with Crippen LogP contribution in [0.4, 0.5) is 0 Å². The normalized spacial score (nSPS) is 11.2. The van der Waals surface area contributed by atoms with E-state index in [1.807, 2.05) is 0 Å². The maximum atomic E-state index is 3.91. The van der Waals surface area contributed by atoms with Crippen molar-refractivity contribution in [3.05, 3.63) is 67.1 Å². The second kappa shape index (κ2) is 6.09. The molecule has 1 radical (unpaired) electrons. The van der Waals surface area contributed by atoms with Crippen LogP contribution in [0, 0.1) is 6.92 Å². The van der Waals surface area contributed by atoms with Gasteiger partial charge in [0.25, 0.3) is 0 Å². The first kappa shape index (κ1) is 13.2.